The van der Waals surface area contributed by atoms with E-state index in [-0.39, 0.29) is 28.5 Å². The lowest BCUT2D eigenvalue weighted by Crippen LogP contribution is -2.37. The van der Waals surface area contributed by atoms with E-state index in [4.69, 9.17) is 14.2 Å². The standard InChI is InChI=1S/C21H25N5O6S/c1-25-18-16(20(28)26(2)21(25)29)19(33-11-15(27)22-8-9-30-3)24-17(23-18)12-6-7-13(31-4)14(10-12)32-5/h6-7,10H,8-9,11H2,1-5H3,(H,22,27). The first-order chi connectivity index (χ1) is 15.8. The third-order valence-electron chi connectivity index (χ3n) is 4.88. The molecule has 0 aliphatic heterocycles. The second-order valence-corrected chi connectivity index (χ2v) is 7.92. The molecule has 0 spiro atoms. The van der Waals surface area contributed by atoms with E-state index in [1.807, 2.05) is 0 Å². The predicted molar refractivity (Wildman–Crippen MR) is 124 cm³/mol. The number of amides is 1. The Bertz CT molecular complexity index is 1300. The van der Waals surface area contributed by atoms with E-state index < -0.39 is 11.2 Å². The highest BCUT2D eigenvalue weighted by atomic mass is 32.2. The average molecular weight is 476 g/mol. The normalized spacial score (nSPS) is 10.9. The van der Waals surface area contributed by atoms with E-state index >= 15 is 0 Å². The number of aromatic nitrogens is 4. The van der Waals surface area contributed by atoms with E-state index in [2.05, 4.69) is 15.3 Å². The first kappa shape index (κ1) is 24.3. The van der Waals surface area contributed by atoms with Crippen molar-refractivity contribution in [2.45, 2.75) is 5.03 Å². The Kier molecular flexibility index (Phi) is 7.71. The van der Waals surface area contributed by atoms with Crippen LogP contribution in [0.25, 0.3) is 22.4 Å². The summed E-state index contributed by atoms with van der Waals surface area (Å²) in [6, 6.07) is 5.15. The van der Waals surface area contributed by atoms with Gasteiger partial charge >= 0.3 is 5.69 Å². The molecule has 3 aromatic rings. The number of nitrogens with one attached hydrogen (secondary N) is 1. The third kappa shape index (κ3) is 5.01. The summed E-state index contributed by atoms with van der Waals surface area (Å²) in [5.41, 5.74) is -0.286. The van der Waals surface area contributed by atoms with Gasteiger partial charge in [-0.2, -0.15) is 0 Å². The van der Waals surface area contributed by atoms with Gasteiger partial charge in [0.2, 0.25) is 5.91 Å². The second kappa shape index (κ2) is 10.5. The monoisotopic (exact) mass is 475 g/mol. The molecule has 1 N–H and O–H groups in total. The molecule has 0 bridgehead atoms. The van der Waals surface area contributed by atoms with Gasteiger partial charge in [0, 0.05) is 33.3 Å². The minimum Gasteiger partial charge on any atom is -0.493 e. The Morgan fingerprint density at radius 2 is 1.79 bits per heavy atom. The number of thioether (sulfide) groups is 1. The zero-order valence-electron chi connectivity index (χ0n) is 19.0. The molecule has 1 amide bonds. The maximum Gasteiger partial charge on any atom is 0.332 e. The highest BCUT2D eigenvalue weighted by Gasteiger charge is 2.19. The van der Waals surface area contributed by atoms with Gasteiger partial charge < -0.3 is 19.5 Å². The smallest absolute Gasteiger partial charge is 0.332 e. The van der Waals surface area contributed by atoms with Gasteiger partial charge in [0.15, 0.2) is 23.0 Å². The van der Waals surface area contributed by atoms with Crippen LogP contribution < -0.4 is 26.0 Å². The molecule has 0 aliphatic carbocycles. The van der Waals surface area contributed by atoms with Crippen LogP contribution in [0.3, 0.4) is 0 Å². The summed E-state index contributed by atoms with van der Waals surface area (Å²) in [4.78, 5) is 46.7. The lowest BCUT2D eigenvalue weighted by atomic mass is 10.2. The van der Waals surface area contributed by atoms with E-state index in [9.17, 15) is 14.4 Å². The Labute approximate surface area is 193 Å². The molecule has 0 saturated heterocycles. The Balaban J connectivity index is 2.14. The third-order valence-corrected chi connectivity index (χ3v) is 5.85. The molecule has 0 radical (unpaired) electrons. The maximum absolute atomic E-state index is 12.9. The molecule has 0 fully saturated rings. The van der Waals surface area contributed by atoms with E-state index in [0.29, 0.717) is 35.2 Å². The average Bonchev–Trinajstić information content (AvgIpc) is 2.83. The molecule has 2 aromatic heterocycles. The van der Waals surface area contributed by atoms with Gasteiger partial charge in [-0.25, -0.2) is 14.8 Å². The molecule has 176 valence electrons. The first-order valence-electron chi connectivity index (χ1n) is 9.91. The molecule has 0 unspecified atom stereocenters. The molecule has 2 heterocycles. The fourth-order valence-electron chi connectivity index (χ4n) is 3.12. The minimum atomic E-state index is -0.533. The molecule has 1 aromatic carbocycles. The van der Waals surface area contributed by atoms with Crippen LogP contribution in [0.4, 0.5) is 0 Å². The Hall–Kier alpha value is -3.38. The van der Waals surface area contributed by atoms with Crippen LogP contribution in [0.1, 0.15) is 0 Å². The van der Waals surface area contributed by atoms with Crippen molar-refractivity contribution >= 4 is 28.7 Å². The fraction of sp³-hybridized carbons (Fsp3) is 0.381. The van der Waals surface area contributed by atoms with Crippen molar-refractivity contribution in [2.24, 2.45) is 14.1 Å². The van der Waals surface area contributed by atoms with Crippen molar-refractivity contribution < 1.29 is 19.0 Å². The maximum atomic E-state index is 12.9. The fourth-order valence-corrected chi connectivity index (χ4v) is 3.96. The summed E-state index contributed by atoms with van der Waals surface area (Å²) < 4.78 is 17.8. The van der Waals surface area contributed by atoms with Crippen LogP contribution in [0.2, 0.25) is 0 Å². The second-order valence-electron chi connectivity index (χ2n) is 6.96. The number of hydrogen-bond acceptors (Lipinski definition) is 9. The molecule has 0 saturated carbocycles. The van der Waals surface area contributed by atoms with Gasteiger partial charge in [0.25, 0.3) is 5.56 Å². The SMILES string of the molecule is COCCNC(=O)CSc1nc(-c2ccc(OC)c(OC)c2)nc2c1c(=O)n(C)c(=O)n2C. The summed E-state index contributed by atoms with van der Waals surface area (Å²) in [7, 11) is 7.51. The predicted octanol–water partition coefficient (Wildman–Crippen LogP) is 0.566. The van der Waals surface area contributed by atoms with E-state index in [0.717, 1.165) is 16.3 Å². The van der Waals surface area contributed by atoms with E-state index in [1.54, 1.807) is 25.3 Å². The van der Waals surface area contributed by atoms with Crippen LogP contribution in [-0.4, -0.2) is 65.2 Å². The topological polar surface area (TPSA) is 127 Å². The van der Waals surface area contributed by atoms with Crippen molar-refractivity contribution in [1.82, 2.24) is 24.4 Å². The highest BCUT2D eigenvalue weighted by molar-refractivity contribution is 8.00. The van der Waals surface area contributed by atoms with Crippen LogP contribution in [0.15, 0.2) is 32.8 Å². The summed E-state index contributed by atoms with van der Waals surface area (Å²) in [5.74, 6) is 1.06. The summed E-state index contributed by atoms with van der Waals surface area (Å²) in [5, 5.41) is 3.18. The number of carbonyl (C=O) groups excluding carboxylic acids is 1. The van der Waals surface area contributed by atoms with Crippen molar-refractivity contribution in [3.05, 3.63) is 39.0 Å². The van der Waals surface area contributed by atoms with Crippen LogP contribution in [0.5, 0.6) is 11.5 Å². The number of methoxy groups -OCH3 is 3. The van der Waals surface area contributed by atoms with E-state index in [1.165, 1.54) is 32.9 Å². The Morgan fingerprint density at radius 3 is 2.45 bits per heavy atom. The summed E-state index contributed by atoms with van der Waals surface area (Å²) >= 11 is 1.09. The number of nitrogens with zero attached hydrogens (tertiary/aromatic N) is 4. The van der Waals surface area contributed by atoms with Crippen molar-refractivity contribution in [3.63, 3.8) is 0 Å². The summed E-state index contributed by atoms with van der Waals surface area (Å²) in [6.45, 7) is 0.756. The number of aryl methyl sites for hydroxylation is 1. The Morgan fingerprint density at radius 1 is 1.06 bits per heavy atom. The van der Waals surface area contributed by atoms with Crippen LogP contribution >= 0.6 is 11.8 Å². The zero-order chi connectivity index (χ0) is 24.1. The molecule has 3 rings (SSSR count). The lowest BCUT2D eigenvalue weighted by Gasteiger charge is -2.13. The van der Waals surface area contributed by atoms with Crippen molar-refractivity contribution in [1.29, 1.82) is 0 Å². The molecule has 0 aliphatic rings. The van der Waals surface area contributed by atoms with Crippen molar-refractivity contribution in [3.8, 4) is 22.9 Å². The van der Waals surface area contributed by atoms with Gasteiger partial charge in [0.1, 0.15) is 10.4 Å². The van der Waals surface area contributed by atoms with Gasteiger partial charge in [0.05, 0.1) is 26.6 Å². The minimum absolute atomic E-state index is 0.0210. The lowest BCUT2D eigenvalue weighted by molar-refractivity contribution is -0.118. The summed E-state index contributed by atoms with van der Waals surface area (Å²) in [6.07, 6.45) is 0. The number of carbonyl (C=O) groups is 1. The number of benzene rings is 1. The van der Waals surface area contributed by atoms with Gasteiger partial charge in [-0.15, -0.1) is 0 Å². The van der Waals surface area contributed by atoms with Crippen LogP contribution in [-0.2, 0) is 23.6 Å². The number of hydrogen-bond donors (Lipinski definition) is 1. The van der Waals surface area contributed by atoms with Crippen LogP contribution in [0, 0.1) is 0 Å². The highest BCUT2D eigenvalue weighted by Crippen LogP contribution is 2.32. The zero-order valence-corrected chi connectivity index (χ0v) is 19.8. The molecule has 0 atom stereocenters. The van der Waals surface area contributed by atoms with Crippen molar-refractivity contribution in [2.75, 3.05) is 40.2 Å². The van der Waals surface area contributed by atoms with Gasteiger partial charge in [-0.05, 0) is 18.2 Å². The molecule has 12 heteroatoms. The number of fused-ring (bicyclic) bond motifs is 1. The first-order valence-corrected chi connectivity index (χ1v) is 10.9. The molecule has 11 nitrogen and oxygen atoms in total. The number of rotatable bonds is 9. The van der Waals surface area contributed by atoms with Gasteiger partial charge in [-0.1, -0.05) is 11.8 Å². The largest absolute Gasteiger partial charge is 0.493 e. The number of ether oxygens (including phenoxy) is 3. The quantitative estimate of drug-likeness (QED) is 0.268. The molecular weight excluding hydrogens is 450 g/mol. The molecular formula is C21H25N5O6S. The van der Waals surface area contributed by atoms with Gasteiger partial charge in [-0.3, -0.25) is 18.7 Å². The molecule has 33 heavy (non-hydrogen) atoms.